The van der Waals surface area contributed by atoms with Crippen LogP contribution in [0.25, 0.3) is 0 Å². The van der Waals surface area contributed by atoms with Gasteiger partial charge in [-0.2, -0.15) is 13.2 Å². The quantitative estimate of drug-likeness (QED) is 0.345. The molecule has 0 radical (unpaired) electrons. The largest absolute Gasteiger partial charge is 0.483 e. The molecule has 1 aliphatic heterocycles. The number of hydrogen-bond acceptors (Lipinski definition) is 5. The average Bonchev–Trinajstić information content (AvgIpc) is 3.01. The number of amides is 1. The highest BCUT2D eigenvalue weighted by Crippen LogP contribution is 2.53. The Labute approximate surface area is 190 Å². The molecule has 0 saturated carbocycles. The first-order valence-corrected chi connectivity index (χ1v) is 9.80. The minimum absolute atomic E-state index is 0.101. The molecule has 0 bridgehead atoms. The van der Waals surface area contributed by atoms with E-state index in [2.05, 4.69) is 10.3 Å². The lowest BCUT2D eigenvalue weighted by molar-refractivity contribution is -0.272. The monoisotopic (exact) mass is 490 g/mol. The van der Waals surface area contributed by atoms with Crippen LogP contribution in [0, 0.1) is 11.7 Å². The van der Waals surface area contributed by atoms with E-state index in [1.165, 1.54) is 44.3 Å². The molecule has 12 heteroatoms. The van der Waals surface area contributed by atoms with E-state index >= 15 is 0 Å². The van der Waals surface area contributed by atoms with E-state index in [4.69, 9.17) is 9.53 Å². The second kappa shape index (κ2) is 10.3. The van der Waals surface area contributed by atoms with Crippen LogP contribution in [0.15, 0.2) is 42.6 Å². The van der Waals surface area contributed by atoms with Gasteiger partial charge in [0.25, 0.3) is 5.91 Å². The Morgan fingerprint density at radius 1 is 1.09 bits per heavy atom. The van der Waals surface area contributed by atoms with E-state index in [0.29, 0.717) is 5.56 Å². The van der Waals surface area contributed by atoms with Crippen molar-refractivity contribution in [1.29, 1.82) is 0 Å². The second-order valence-corrected chi connectivity index (χ2v) is 7.71. The summed E-state index contributed by atoms with van der Waals surface area (Å²) in [4.78, 5) is 36.4. The van der Waals surface area contributed by atoms with E-state index in [0.717, 1.165) is 19.1 Å². The SMILES string of the molecule is CC(=O)c1cc(NC(=O)C2O[C@](C)(C(F)(F)F)[C@H](C)[C@@H]2c2ccc(F)cc2)ccn1.O=C(F)F. The molecule has 184 valence electrons. The second-order valence-electron chi connectivity index (χ2n) is 7.71. The lowest BCUT2D eigenvalue weighted by atomic mass is 9.77. The number of ketones is 1. The zero-order chi connectivity index (χ0) is 25.8. The van der Waals surface area contributed by atoms with Crippen LogP contribution in [0.1, 0.15) is 42.7 Å². The lowest BCUT2D eigenvalue weighted by Crippen LogP contribution is -2.47. The van der Waals surface area contributed by atoms with Crippen molar-refractivity contribution in [3.63, 3.8) is 0 Å². The van der Waals surface area contributed by atoms with E-state index in [-0.39, 0.29) is 17.2 Å². The normalized spacial score (nSPS) is 24.1. The van der Waals surface area contributed by atoms with Crippen molar-refractivity contribution in [2.24, 2.45) is 5.92 Å². The Kier molecular flexibility index (Phi) is 8.19. The van der Waals surface area contributed by atoms with E-state index in [1.807, 2.05) is 0 Å². The van der Waals surface area contributed by atoms with E-state index in [1.54, 1.807) is 0 Å². The van der Waals surface area contributed by atoms with Gasteiger partial charge >= 0.3 is 12.5 Å². The molecule has 1 unspecified atom stereocenters. The number of nitrogens with zero attached hydrogens (tertiary/aromatic N) is 1. The first kappa shape index (κ1) is 27.0. The van der Waals surface area contributed by atoms with Gasteiger partial charge in [-0.15, -0.1) is 8.78 Å². The maximum atomic E-state index is 13.8. The molecule has 1 N–H and O–H groups in total. The molecular formula is C22H20F6N2O4. The number of pyridine rings is 1. The van der Waals surface area contributed by atoms with Gasteiger partial charge in [0, 0.05) is 30.6 Å². The van der Waals surface area contributed by atoms with Crippen molar-refractivity contribution in [3.8, 4) is 0 Å². The molecule has 1 saturated heterocycles. The topological polar surface area (TPSA) is 85.4 Å². The maximum absolute atomic E-state index is 13.8. The van der Waals surface area contributed by atoms with Crippen LogP contribution in [-0.2, 0) is 9.53 Å². The first-order chi connectivity index (χ1) is 15.7. The van der Waals surface area contributed by atoms with Gasteiger partial charge in [-0.05, 0) is 36.8 Å². The summed E-state index contributed by atoms with van der Waals surface area (Å²) in [5, 5.41) is 2.50. The molecule has 1 fully saturated rings. The predicted molar refractivity (Wildman–Crippen MR) is 108 cm³/mol. The molecule has 0 aliphatic carbocycles. The number of rotatable bonds is 4. The molecule has 2 heterocycles. The predicted octanol–water partition coefficient (Wildman–Crippen LogP) is 5.55. The number of ether oxygens (including phenoxy) is 1. The Balaban J connectivity index is 0.000000945. The third-order valence-electron chi connectivity index (χ3n) is 5.57. The molecule has 34 heavy (non-hydrogen) atoms. The summed E-state index contributed by atoms with van der Waals surface area (Å²) in [6, 6.07) is 7.70. The number of alkyl halides is 3. The number of nitrogens with one attached hydrogen (secondary N) is 1. The minimum Gasteiger partial charge on any atom is -0.352 e. The summed E-state index contributed by atoms with van der Waals surface area (Å²) in [7, 11) is 0. The summed E-state index contributed by atoms with van der Waals surface area (Å²) in [5.41, 5.74) is -1.91. The molecule has 1 amide bonds. The highest BCUT2D eigenvalue weighted by Gasteiger charge is 2.65. The first-order valence-electron chi connectivity index (χ1n) is 9.80. The zero-order valence-electron chi connectivity index (χ0n) is 18.1. The van der Waals surface area contributed by atoms with Gasteiger partial charge in [0.2, 0.25) is 0 Å². The fraction of sp³-hybridized carbons (Fsp3) is 0.364. The highest BCUT2D eigenvalue weighted by molar-refractivity contribution is 5.97. The number of carbonyl (C=O) groups is 3. The van der Waals surface area contributed by atoms with Gasteiger partial charge in [0.15, 0.2) is 11.4 Å². The average molecular weight is 490 g/mol. The number of Topliss-reactive ketones (excluding diaryl/α,β-unsaturated/α-hetero) is 1. The van der Waals surface area contributed by atoms with Crippen LogP contribution in [-0.4, -0.2) is 40.8 Å². The van der Waals surface area contributed by atoms with Crippen molar-refractivity contribution in [3.05, 3.63) is 59.7 Å². The number of aromatic nitrogens is 1. The van der Waals surface area contributed by atoms with Crippen LogP contribution in [0.5, 0.6) is 0 Å². The summed E-state index contributed by atoms with van der Waals surface area (Å²) in [5.74, 6) is -3.76. The molecule has 1 aromatic carbocycles. The minimum atomic E-state index is -4.72. The third kappa shape index (κ3) is 5.99. The molecule has 1 aliphatic rings. The zero-order valence-corrected chi connectivity index (χ0v) is 18.1. The molecule has 0 spiro atoms. The number of benzene rings is 1. The molecule has 6 nitrogen and oxygen atoms in total. The molecule has 3 rings (SSSR count). The van der Waals surface area contributed by atoms with Crippen LogP contribution in [0.4, 0.5) is 36.8 Å². The van der Waals surface area contributed by atoms with Gasteiger partial charge in [-0.3, -0.25) is 14.6 Å². The summed E-state index contributed by atoms with van der Waals surface area (Å²) >= 11 is 0. The number of anilines is 1. The van der Waals surface area contributed by atoms with Crippen molar-refractivity contribution in [1.82, 2.24) is 4.98 Å². The Morgan fingerprint density at radius 2 is 1.65 bits per heavy atom. The van der Waals surface area contributed by atoms with Gasteiger partial charge in [0.05, 0.1) is 0 Å². The lowest BCUT2D eigenvalue weighted by Gasteiger charge is -2.31. The standard InChI is InChI=1S/C21H20F4N2O3.CF2O/c1-11-17(13-4-6-14(22)7-5-13)18(30-20(11,3)21(23,24)25)19(29)27-15-8-9-26-16(10-15)12(2)28;2-1(3)4/h4-11,17-18H,1-3H3,(H,26,27,29);/t11-,17-,18?,20+;/m1./s1. The fourth-order valence-electron chi connectivity index (χ4n) is 3.65. The van der Waals surface area contributed by atoms with E-state index in [9.17, 15) is 35.9 Å². The van der Waals surface area contributed by atoms with Crippen LogP contribution >= 0.6 is 0 Å². The third-order valence-corrected chi connectivity index (χ3v) is 5.57. The number of halogens is 6. The van der Waals surface area contributed by atoms with Crippen LogP contribution in [0.2, 0.25) is 0 Å². The van der Waals surface area contributed by atoms with Crippen molar-refractivity contribution in [2.45, 2.75) is 44.6 Å². The molecule has 2 aromatic rings. The van der Waals surface area contributed by atoms with Crippen molar-refractivity contribution >= 4 is 23.7 Å². The van der Waals surface area contributed by atoms with Crippen molar-refractivity contribution < 1.29 is 45.5 Å². The highest BCUT2D eigenvalue weighted by atomic mass is 19.4. The molecule has 4 atom stereocenters. The van der Waals surface area contributed by atoms with Gasteiger partial charge < -0.3 is 10.1 Å². The number of hydrogen-bond donors (Lipinski definition) is 1. The smallest absolute Gasteiger partial charge is 0.352 e. The summed E-state index contributed by atoms with van der Waals surface area (Å²) < 4.78 is 79.4. The summed E-state index contributed by atoms with van der Waals surface area (Å²) in [6.07, 6.45) is -7.73. The maximum Gasteiger partial charge on any atom is 0.483 e. The summed E-state index contributed by atoms with van der Waals surface area (Å²) in [6.45, 7) is 3.56. The van der Waals surface area contributed by atoms with Gasteiger partial charge in [-0.25, -0.2) is 9.18 Å². The Morgan fingerprint density at radius 3 is 2.15 bits per heavy atom. The Bertz CT molecular complexity index is 1060. The molecular weight excluding hydrogens is 470 g/mol. The van der Waals surface area contributed by atoms with E-state index < -0.39 is 47.7 Å². The van der Waals surface area contributed by atoms with Crippen molar-refractivity contribution in [2.75, 3.05) is 5.32 Å². The number of carbonyl (C=O) groups excluding carboxylic acids is 3. The van der Waals surface area contributed by atoms with Gasteiger partial charge in [0.1, 0.15) is 17.6 Å². The van der Waals surface area contributed by atoms with Crippen LogP contribution < -0.4 is 5.32 Å². The fourth-order valence-corrected chi connectivity index (χ4v) is 3.65. The Hall–Kier alpha value is -3.28. The molecule has 1 aromatic heterocycles. The van der Waals surface area contributed by atoms with Gasteiger partial charge in [-0.1, -0.05) is 19.1 Å². The van der Waals surface area contributed by atoms with Crippen LogP contribution in [0.3, 0.4) is 0 Å².